The molecule has 2 aromatic heterocycles. The first-order chi connectivity index (χ1) is 8.59. The van der Waals surface area contributed by atoms with Gasteiger partial charge in [0.25, 0.3) is 0 Å². The number of aromatic nitrogens is 3. The van der Waals surface area contributed by atoms with E-state index in [-0.39, 0.29) is 5.82 Å². The lowest BCUT2D eigenvalue weighted by molar-refractivity contribution is -0.388. The lowest BCUT2D eigenvalue weighted by atomic mass is 10.1. The Morgan fingerprint density at radius 3 is 3.00 bits per heavy atom. The van der Waals surface area contributed by atoms with Crippen molar-refractivity contribution >= 4 is 11.6 Å². The van der Waals surface area contributed by atoms with Crippen LogP contribution in [0.4, 0.5) is 11.6 Å². The van der Waals surface area contributed by atoms with Crippen LogP contribution in [0.15, 0.2) is 24.8 Å². The normalized spacial score (nSPS) is 10.3. The SMILES string of the molecule is Cc1cnccc1CNc1c([N+](=O)[O-])ncn1C. The molecule has 0 amide bonds. The molecule has 0 spiro atoms. The summed E-state index contributed by atoms with van der Waals surface area (Å²) < 4.78 is 1.59. The quantitative estimate of drug-likeness (QED) is 0.655. The molecule has 0 radical (unpaired) electrons. The highest BCUT2D eigenvalue weighted by atomic mass is 16.6. The molecule has 0 saturated carbocycles. The van der Waals surface area contributed by atoms with Crippen LogP contribution < -0.4 is 5.32 Å². The fourth-order valence-corrected chi connectivity index (χ4v) is 1.63. The first-order valence-corrected chi connectivity index (χ1v) is 5.38. The van der Waals surface area contributed by atoms with Gasteiger partial charge in [-0.3, -0.25) is 9.55 Å². The highest BCUT2D eigenvalue weighted by Crippen LogP contribution is 2.21. The van der Waals surface area contributed by atoms with Gasteiger partial charge in [0.15, 0.2) is 0 Å². The summed E-state index contributed by atoms with van der Waals surface area (Å²) in [6, 6.07) is 1.88. The van der Waals surface area contributed by atoms with Crippen LogP contribution in [0, 0.1) is 17.0 Å². The van der Waals surface area contributed by atoms with Crippen molar-refractivity contribution in [3.63, 3.8) is 0 Å². The van der Waals surface area contributed by atoms with Crippen molar-refractivity contribution in [2.24, 2.45) is 7.05 Å². The third-order valence-electron chi connectivity index (χ3n) is 2.67. The number of aryl methyl sites for hydroxylation is 2. The molecule has 7 nitrogen and oxygen atoms in total. The highest BCUT2D eigenvalue weighted by Gasteiger charge is 2.19. The molecular formula is C11H13N5O2. The summed E-state index contributed by atoms with van der Waals surface area (Å²) in [6.45, 7) is 2.44. The predicted octanol–water partition coefficient (Wildman–Crippen LogP) is 1.64. The average Bonchev–Trinajstić information content (AvgIpc) is 2.70. The number of anilines is 1. The molecule has 94 valence electrons. The van der Waals surface area contributed by atoms with Gasteiger partial charge in [0, 0.05) is 26.0 Å². The van der Waals surface area contributed by atoms with Gasteiger partial charge in [-0.05, 0) is 34.0 Å². The Morgan fingerprint density at radius 2 is 2.33 bits per heavy atom. The molecule has 0 fully saturated rings. The van der Waals surface area contributed by atoms with E-state index in [2.05, 4.69) is 15.3 Å². The van der Waals surface area contributed by atoms with Gasteiger partial charge >= 0.3 is 5.82 Å². The standard InChI is InChI=1S/C11H13N5O2/c1-8-5-12-4-3-9(8)6-13-10-11(16(17)18)14-7-15(10)2/h3-5,7,13H,6H2,1-2H3. The summed E-state index contributed by atoms with van der Waals surface area (Å²) in [5, 5.41) is 13.8. The number of rotatable bonds is 4. The molecule has 2 aromatic rings. The van der Waals surface area contributed by atoms with Gasteiger partial charge in [0.05, 0.1) is 0 Å². The van der Waals surface area contributed by atoms with E-state index < -0.39 is 4.92 Å². The zero-order valence-electron chi connectivity index (χ0n) is 10.1. The number of pyridine rings is 1. The molecule has 0 aromatic carbocycles. The van der Waals surface area contributed by atoms with Gasteiger partial charge in [-0.25, -0.2) is 0 Å². The number of nitrogens with zero attached hydrogens (tertiary/aromatic N) is 4. The Balaban J connectivity index is 2.18. The fraction of sp³-hybridized carbons (Fsp3) is 0.273. The Labute approximate surface area is 104 Å². The van der Waals surface area contributed by atoms with Crippen LogP contribution in [0.2, 0.25) is 0 Å². The molecule has 2 rings (SSSR count). The average molecular weight is 247 g/mol. The van der Waals surface area contributed by atoms with Gasteiger partial charge in [-0.1, -0.05) is 0 Å². The Bertz CT molecular complexity index is 579. The minimum absolute atomic E-state index is 0.163. The summed E-state index contributed by atoms with van der Waals surface area (Å²) in [5.74, 6) is 0.237. The second-order valence-corrected chi connectivity index (χ2v) is 3.94. The molecular weight excluding hydrogens is 234 g/mol. The van der Waals surface area contributed by atoms with Gasteiger partial charge in [0.1, 0.15) is 0 Å². The van der Waals surface area contributed by atoms with Gasteiger partial charge in [-0.2, -0.15) is 0 Å². The minimum Gasteiger partial charge on any atom is -0.360 e. The summed E-state index contributed by atoms with van der Waals surface area (Å²) in [4.78, 5) is 18.0. The predicted molar refractivity (Wildman–Crippen MR) is 66.2 cm³/mol. The van der Waals surface area contributed by atoms with E-state index in [4.69, 9.17) is 0 Å². The first-order valence-electron chi connectivity index (χ1n) is 5.38. The van der Waals surface area contributed by atoms with Crippen molar-refractivity contribution in [1.82, 2.24) is 14.5 Å². The fourth-order valence-electron chi connectivity index (χ4n) is 1.63. The molecule has 18 heavy (non-hydrogen) atoms. The molecule has 0 saturated heterocycles. The largest absolute Gasteiger partial charge is 0.406 e. The van der Waals surface area contributed by atoms with Crippen molar-refractivity contribution in [3.8, 4) is 0 Å². The second-order valence-electron chi connectivity index (χ2n) is 3.94. The van der Waals surface area contributed by atoms with E-state index in [9.17, 15) is 10.1 Å². The van der Waals surface area contributed by atoms with Crippen molar-refractivity contribution in [3.05, 3.63) is 46.0 Å². The maximum Gasteiger partial charge on any atom is 0.406 e. The van der Waals surface area contributed by atoms with Crippen LogP contribution >= 0.6 is 0 Å². The third-order valence-corrected chi connectivity index (χ3v) is 2.67. The van der Waals surface area contributed by atoms with Crippen molar-refractivity contribution in [2.75, 3.05) is 5.32 Å². The Morgan fingerprint density at radius 1 is 1.56 bits per heavy atom. The highest BCUT2D eigenvalue weighted by molar-refractivity contribution is 5.52. The van der Waals surface area contributed by atoms with Crippen molar-refractivity contribution < 1.29 is 4.92 Å². The molecule has 0 aliphatic rings. The van der Waals surface area contributed by atoms with E-state index in [1.807, 2.05) is 13.0 Å². The maximum atomic E-state index is 10.8. The summed E-state index contributed by atoms with van der Waals surface area (Å²) >= 11 is 0. The van der Waals surface area contributed by atoms with E-state index in [0.29, 0.717) is 12.4 Å². The van der Waals surface area contributed by atoms with Gasteiger partial charge in [0.2, 0.25) is 12.1 Å². The van der Waals surface area contributed by atoms with Crippen LogP contribution in [-0.2, 0) is 13.6 Å². The van der Waals surface area contributed by atoms with Crippen LogP contribution in [0.3, 0.4) is 0 Å². The molecule has 0 bridgehead atoms. The third kappa shape index (κ3) is 2.29. The van der Waals surface area contributed by atoms with Crippen LogP contribution in [0.5, 0.6) is 0 Å². The lowest BCUT2D eigenvalue weighted by Crippen LogP contribution is -2.06. The monoisotopic (exact) mass is 247 g/mol. The lowest BCUT2D eigenvalue weighted by Gasteiger charge is -2.08. The number of nitrogens with one attached hydrogen (secondary N) is 1. The molecule has 7 heteroatoms. The zero-order valence-corrected chi connectivity index (χ0v) is 10.1. The van der Waals surface area contributed by atoms with Gasteiger partial charge in [-0.15, -0.1) is 0 Å². The summed E-state index contributed by atoms with van der Waals surface area (Å²) in [7, 11) is 1.71. The number of imidazole rings is 1. The van der Waals surface area contributed by atoms with E-state index in [0.717, 1.165) is 11.1 Å². The molecule has 0 atom stereocenters. The molecule has 1 N–H and O–H groups in total. The molecule has 0 aliphatic heterocycles. The van der Waals surface area contributed by atoms with Crippen molar-refractivity contribution in [1.29, 1.82) is 0 Å². The van der Waals surface area contributed by atoms with Crippen molar-refractivity contribution in [2.45, 2.75) is 13.5 Å². The number of nitro groups is 1. The number of hydrogen-bond donors (Lipinski definition) is 1. The van der Waals surface area contributed by atoms with E-state index >= 15 is 0 Å². The Hall–Kier alpha value is -2.44. The summed E-state index contributed by atoms with van der Waals surface area (Å²) in [6.07, 6.45) is 4.87. The van der Waals surface area contributed by atoms with E-state index in [1.165, 1.54) is 6.33 Å². The van der Waals surface area contributed by atoms with E-state index in [1.54, 1.807) is 24.0 Å². The Kier molecular flexibility index (Phi) is 3.22. The second kappa shape index (κ2) is 4.82. The van der Waals surface area contributed by atoms with Crippen LogP contribution in [0.1, 0.15) is 11.1 Å². The minimum atomic E-state index is -0.498. The maximum absolute atomic E-state index is 10.8. The van der Waals surface area contributed by atoms with Crippen LogP contribution in [0.25, 0.3) is 0 Å². The zero-order chi connectivity index (χ0) is 13.1. The molecule has 0 aliphatic carbocycles. The summed E-state index contributed by atoms with van der Waals surface area (Å²) in [5.41, 5.74) is 2.08. The number of hydrogen-bond acceptors (Lipinski definition) is 5. The molecule has 0 unspecified atom stereocenters. The first kappa shape index (κ1) is 12.0. The topological polar surface area (TPSA) is 85.9 Å². The van der Waals surface area contributed by atoms with Gasteiger partial charge < -0.3 is 15.4 Å². The molecule has 2 heterocycles. The smallest absolute Gasteiger partial charge is 0.360 e. The van der Waals surface area contributed by atoms with Crippen LogP contribution in [-0.4, -0.2) is 19.5 Å².